The van der Waals surface area contributed by atoms with E-state index >= 15 is 0 Å². The smallest absolute Gasteiger partial charge is 0.271 e. The molecule has 2 aliphatic rings. The number of nitrogens with one attached hydrogen (secondary N) is 2. The highest BCUT2D eigenvalue weighted by Gasteiger charge is 2.28. The molecule has 2 aliphatic heterocycles. The first-order chi connectivity index (χ1) is 19.0. The van der Waals surface area contributed by atoms with E-state index < -0.39 is 0 Å². The van der Waals surface area contributed by atoms with Gasteiger partial charge in [0, 0.05) is 42.9 Å². The molecule has 6 rings (SSSR count). The minimum atomic E-state index is -0.211. The molecule has 1 atom stereocenters. The Balaban J connectivity index is 1.50. The van der Waals surface area contributed by atoms with Gasteiger partial charge in [0.15, 0.2) is 0 Å². The van der Waals surface area contributed by atoms with Crippen molar-refractivity contribution in [1.29, 1.82) is 5.26 Å². The number of fused-ring (bicyclic) bond motifs is 1. The standard InChI is InChI=1S/C30H31N7O2/c1-19-3-7-23(8-4-19)27-26(22-9-5-20(13-31)6-10-22)35-30(39-18-21-11-12-32-14-21)28-34-25(17-37(27)28)29(38)33-24-15-36(2)16-24/h3-10,17,21,24,32H,11-12,14-16,18H2,1-2H3,(H,33,38)/t21-/m1/s1. The maximum Gasteiger partial charge on any atom is 0.271 e. The molecular formula is C30H31N7O2. The molecule has 1 amide bonds. The summed E-state index contributed by atoms with van der Waals surface area (Å²) in [6.45, 7) is 6.08. The van der Waals surface area contributed by atoms with Crippen molar-refractivity contribution in [2.24, 2.45) is 5.92 Å². The van der Waals surface area contributed by atoms with Crippen LogP contribution < -0.4 is 15.4 Å². The number of hydrogen-bond donors (Lipinski definition) is 2. The van der Waals surface area contributed by atoms with E-state index in [2.05, 4.69) is 33.7 Å². The van der Waals surface area contributed by atoms with Gasteiger partial charge < -0.3 is 20.3 Å². The fourth-order valence-electron chi connectivity index (χ4n) is 5.22. The average molecular weight is 522 g/mol. The molecule has 9 nitrogen and oxygen atoms in total. The summed E-state index contributed by atoms with van der Waals surface area (Å²) in [6, 6.07) is 17.9. The Morgan fingerprint density at radius 3 is 2.54 bits per heavy atom. The highest BCUT2D eigenvalue weighted by Crippen LogP contribution is 2.35. The molecule has 4 aromatic rings. The number of ether oxygens (including phenoxy) is 1. The van der Waals surface area contributed by atoms with Crippen LogP contribution in [0.2, 0.25) is 0 Å². The van der Waals surface area contributed by atoms with Crippen LogP contribution in [0.5, 0.6) is 5.88 Å². The van der Waals surface area contributed by atoms with Gasteiger partial charge in [0.25, 0.3) is 11.8 Å². The first kappa shape index (κ1) is 25.0. The lowest BCUT2D eigenvalue weighted by molar-refractivity contribution is 0.0853. The Labute approximate surface area is 227 Å². The summed E-state index contributed by atoms with van der Waals surface area (Å²) in [4.78, 5) is 25.1. The van der Waals surface area contributed by atoms with E-state index in [1.54, 1.807) is 18.3 Å². The largest absolute Gasteiger partial charge is 0.475 e. The van der Waals surface area contributed by atoms with E-state index in [9.17, 15) is 10.1 Å². The summed E-state index contributed by atoms with van der Waals surface area (Å²) < 4.78 is 8.24. The Morgan fingerprint density at radius 1 is 1.13 bits per heavy atom. The van der Waals surface area contributed by atoms with Crippen LogP contribution in [0.25, 0.3) is 28.2 Å². The number of likely N-dealkylation sites (N-methyl/N-ethyl adjacent to an activating group) is 1. The summed E-state index contributed by atoms with van der Waals surface area (Å²) in [5.74, 6) is 0.562. The molecule has 0 saturated carbocycles. The number of nitrogens with zero attached hydrogens (tertiary/aromatic N) is 5. The van der Waals surface area contributed by atoms with Gasteiger partial charge in [-0.3, -0.25) is 9.20 Å². The highest BCUT2D eigenvalue weighted by molar-refractivity contribution is 5.94. The second-order valence-electron chi connectivity index (χ2n) is 10.6. The molecule has 2 aromatic carbocycles. The first-order valence-electron chi connectivity index (χ1n) is 13.3. The molecule has 0 bridgehead atoms. The average Bonchev–Trinajstić information content (AvgIpc) is 3.62. The van der Waals surface area contributed by atoms with Crippen LogP contribution in [0, 0.1) is 24.2 Å². The topological polar surface area (TPSA) is 108 Å². The number of hydrogen-bond acceptors (Lipinski definition) is 7. The third-order valence-corrected chi connectivity index (χ3v) is 7.44. The van der Waals surface area contributed by atoms with Crippen molar-refractivity contribution in [2.75, 3.05) is 39.8 Å². The third kappa shape index (κ3) is 5.09. The minimum Gasteiger partial charge on any atom is -0.475 e. The van der Waals surface area contributed by atoms with E-state index in [-0.39, 0.29) is 11.9 Å². The molecule has 0 aliphatic carbocycles. The lowest BCUT2D eigenvalue weighted by Gasteiger charge is -2.36. The van der Waals surface area contributed by atoms with Crippen LogP contribution >= 0.6 is 0 Å². The monoisotopic (exact) mass is 521 g/mol. The van der Waals surface area contributed by atoms with Gasteiger partial charge in [-0.2, -0.15) is 5.26 Å². The molecular weight excluding hydrogens is 490 g/mol. The second-order valence-corrected chi connectivity index (χ2v) is 10.6. The van der Waals surface area contributed by atoms with Crippen LogP contribution in [0.1, 0.15) is 28.0 Å². The normalized spacial score (nSPS) is 17.6. The number of likely N-dealkylation sites (tertiary alicyclic amines) is 1. The van der Waals surface area contributed by atoms with Crippen molar-refractivity contribution in [3.63, 3.8) is 0 Å². The maximum atomic E-state index is 13.2. The van der Waals surface area contributed by atoms with Crippen LogP contribution in [0.3, 0.4) is 0 Å². The van der Waals surface area contributed by atoms with Crippen LogP contribution in [-0.2, 0) is 0 Å². The quantitative estimate of drug-likeness (QED) is 0.384. The van der Waals surface area contributed by atoms with Gasteiger partial charge in [-0.1, -0.05) is 42.0 Å². The number of carbonyl (C=O) groups excluding carboxylic acids is 1. The van der Waals surface area contributed by atoms with Gasteiger partial charge in [0.1, 0.15) is 5.69 Å². The molecule has 4 heterocycles. The van der Waals surface area contributed by atoms with Crippen molar-refractivity contribution in [3.05, 3.63) is 71.5 Å². The summed E-state index contributed by atoms with van der Waals surface area (Å²) in [6.07, 6.45) is 2.82. The predicted octanol–water partition coefficient (Wildman–Crippen LogP) is 3.28. The van der Waals surface area contributed by atoms with Crippen molar-refractivity contribution >= 4 is 11.6 Å². The lowest BCUT2D eigenvalue weighted by Crippen LogP contribution is -2.57. The molecule has 2 aromatic heterocycles. The van der Waals surface area contributed by atoms with Crippen LogP contribution in [-0.4, -0.2) is 71.1 Å². The van der Waals surface area contributed by atoms with E-state index in [0.29, 0.717) is 41.0 Å². The zero-order valence-electron chi connectivity index (χ0n) is 22.1. The van der Waals surface area contributed by atoms with Gasteiger partial charge in [-0.25, -0.2) is 9.97 Å². The molecule has 2 saturated heterocycles. The fraction of sp³-hybridized carbons (Fsp3) is 0.333. The number of imidazole rings is 1. The van der Waals surface area contributed by atoms with Crippen molar-refractivity contribution < 1.29 is 9.53 Å². The minimum absolute atomic E-state index is 0.113. The number of aromatic nitrogens is 3. The zero-order chi connectivity index (χ0) is 26.9. The molecule has 9 heteroatoms. The number of aryl methyl sites for hydroxylation is 1. The SMILES string of the molecule is Cc1ccc(-c2c(-c3ccc(C#N)cc3)nc(OC[C@@H]3CCNC3)c3nc(C(=O)NC4CN(C)C4)cn23)cc1. The van der Waals surface area contributed by atoms with Crippen LogP contribution in [0.4, 0.5) is 0 Å². The summed E-state index contributed by atoms with van der Waals surface area (Å²) >= 11 is 0. The van der Waals surface area contributed by atoms with Gasteiger partial charge in [0.05, 0.1) is 35.7 Å². The van der Waals surface area contributed by atoms with Crippen molar-refractivity contribution in [2.45, 2.75) is 19.4 Å². The van der Waals surface area contributed by atoms with Gasteiger partial charge in [-0.15, -0.1) is 0 Å². The second kappa shape index (κ2) is 10.5. The summed E-state index contributed by atoms with van der Waals surface area (Å²) in [5.41, 5.74) is 5.83. The predicted molar refractivity (Wildman–Crippen MR) is 149 cm³/mol. The molecule has 0 radical (unpaired) electrons. The number of nitriles is 1. The number of rotatable bonds is 7. The van der Waals surface area contributed by atoms with Crippen molar-refractivity contribution in [1.82, 2.24) is 29.9 Å². The fourth-order valence-corrected chi connectivity index (χ4v) is 5.22. The molecule has 0 spiro atoms. The molecule has 39 heavy (non-hydrogen) atoms. The molecule has 0 unspecified atom stereocenters. The Hall–Kier alpha value is -4.26. The van der Waals surface area contributed by atoms with E-state index in [1.165, 1.54) is 0 Å². The number of benzene rings is 2. The molecule has 2 N–H and O–H groups in total. The maximum absolute atomic E-state index is 13.2. The molecule has 2 fully saturated rings. The van der Waals surface area contributed by atoms with E-state index in [4.69, 9.17) is 14.7 Å². The van der Waals surface area contributed by atoms with Gasteiger partial charge in [-0.05, 0) is 39.1 Å². The summed E-state index contributed by atoms with van der Waals surface area (Å²) in [7, 11) is 2.03. The van der Waals surface area contributed by atoms with Crippen LogP contribution in [0.15, 0.2) is 54.7 Å². The summed E-state index contributed by atoms with van der Waals surface area (Å²) in [5, 5.41) is 15.8. The van der Waals surface area contributed by atoms with E-state index in [0.717, 1.165) is 55.0 Å². The highest BCUT2D eigenvalue weighted by atomic mass is 16.5. The van der Waals surface area contributed by atoms with Gasteiger partial charge >= 0.3 is 0 Å². The Kier molecular flexibility index (Phi) is 6.73. The Bertz CT molecular complexity index is 1540. The Morgan fingerprint density at radius 2 is 1.87 bits per heavy atom. The number of carbonyl (C=O) groups is 1. The third-order valence-electron chi connectivity index (χ3n) is 7.44. The molecule has 198 valence electrons. The lowest BCUT2D eigenvalue weighted by atomic mass is 10.0. The van der Waals surface area contributed by atoms with Crippen molar-refractivity contribution in [3.8, 4) is 34.5 Å². The van der Waals surface area contributed by atoms with E-state index in [1.807, 2.05) is 42.6 Å². The van der Waals surface area contributed by atoms with Gasteiger partial charge in [0.2, 0.25) is 5.65 Å². The first-order valence-corrected chi connectivity index (χ1v) is 13.3. The number of amides is 1. The zero-order valence-corrected chi connectivity index (χ0v) is 22.1.